The van der Waals surface area contributed by atoms with E-state index in [1.807, 2.05) is 36.4 Å². The Morgan fingerprint density at radius 1 is 1.17 bits per heavy atom. The molecule has 11 heteroatoms. The van der Waals surface area contributed by atoms with E-state index < -0.39 is 12.1 Å². The quantitative estimate of drug-likeness (QED) is 0.485. The number of aliphatic carboxylic acids is 1. The molecule has 1 amide bonds. The van der Waals surface area contributed by atoms with Gasteiger partial charge in [0.25, 0.3) is 5.91 Å². The number of carbonyl (C=O) groups is 2. The number of hydrogen-bond donors (Lipinski definition) is 3. The van der Waals surface area contributed by atoms with E-state index in [1.165, 1.54) is 0 Å². The molecule has 4 rings (SSSR count). The summed E-state index contributed by atoms with van der Waals surface area (Å²) in [6.07, 6.45) is -2.59. The summed E-state index contributed by atoms with van der Waals surface area (Å²) in [7, 11) is 0. The molecular formula is C25H21F3N4O4. The van der Waals surface area contributed by atoms with Crippen molar-refractivity contribution >= 4 is 17.6 Å². The van der Waals surface area contributed by atoms with Crippen LogP contribution in [-0.4, -0.2) is 34.7 Å². The molecule has 0 fully saturated rings. The van der Waals surface area contributed by atoms with Crippen molar-refractivity contribution in [3.63, 3.8) is 0 Å². The van der Waals surface area contributed by atoms with Crippen LogP contribution in [0.15, 0.2) is 60.8 Å². The van der Waals surface area contributed by atoms with Gasteiger partial charge in [0.1, 0.15) is 12.4 Å². The minimum Gasteiger partial charge on any atom is -0.489 e. The van der Waals surface area contributed by atoms with Crippen LogP contribution in [0.2, 0.25) is 0 Å². The molecule has 186 valence electrons. The fraction of sp³-hybridized carbons (Fsp3) is 0.200. The van der Waals surface area contributed by atoms with Crippen LogP contribution in [0, 0.1) is 11.3 Å². The minimum atomic E-state index is -5.08. The number of hydrogen-bond acceptors (Lipinski definition) is 6. The smallest absolute Gasteiger partial charge is 0.489 e. The van der Waals surface area contributed by atoms with Gasteiger partial charge in [0.2, 0.25) is 0 Å². The van der Waals surface area contributed by atoms with E-state index in [0.717, 1.165) is 36.3 Å². The highest BCUT2D eigenvalue weighted by molar-refractivity contribution is 6.04. The first-order valence-electron chi connectivity index (χ1n) is 10.7. The number of fused-ring (bicyclic) bond motifs is 1. The topological polar surface area (TPSA) is 124 Å². The lowest BCUT2D eigenvalue weighted by atomic mass is 10.0. The van der Waals surface area contributed by atoms with E-state index in [9.17, 15) is 18.0 Å². The number of nitrogens with one attached hydrogen (secondary N) is 2. The molecule has 3 aromatic rings. The van der Waals surface area contributed by atoms with Crippen LogP contribution in [0.4, 0.5) is 18.9 Å². The summed E-state index contributed by atoms with van der Waals surface area (Å²) in [5, 5.41) is 22.3. The summed E-state index contributed by atoms with van der Waals surface area (Å²) in [6.45, 7) is 1.99. The fourth-order valence-corrected chi connectivity index (χ4v) is 3.23. The van der Waals surface area contributed by atoms with Gasteiger partial charge < -0.3 is 20.5 Å². The van der Waals surface area contributed by atoms with E-state index in [1.54, 1.807) is 24.4 Å². The highest BCUT2D eigenvalue weighted by atomic mass is 19.4. The number of anilines is 1. The molecule has 1 aliphatic rings. The van der Waals surface area contributed by atoms with E-state index in [-0.39, 0.29) is 5.91 Å². The Kier molecular flexibility index (Phi) is 8.59. The molecule has 0 bridgehead atoms. The number of carbonyl (C=O) groups excluding carboxylic acids is 1. The maximum atomic E-state index is 12.6. The number of rotatable bonds is 5. The van der Waals surface area contributed by atoms with Gasteiger partial charge in [0.15, 0.2) is 0 Å². The van der Waals surface area contributed by atoms with Crippen LogP contribution in [0.1, 0.15) is 32.7 Å². The normalized spacial score (nSPS) is 12.3. The van der Waals surface area contributed by atoms with Gasteiger partial charge in [-0.25, -0.2) is 4.79 Å². The number of nitriles is 1. The third kappa shape index (κ3) is 7.54. The molecule has 0 atom stereocenters. The predicted octanol–water partition coefficient (Wildman–Crippen LogP) is 4.06. The zero-order valence-electron chi connectivity index (χ0n) is 18.8. The van der Waals surface area contributed by atoms with Gasteiger partial charge in [0.05, 0.1) is 22.9 Å². The van der Waals surface area contributed by atoms with Crippen LogP contribution >= 0.6 is 0 Å². The summed E-state index contributed by atoms with van der Waals surface area (Å²) in [4.78, 5) is 25.9. The summed E-state index contributed by atoms with van der Waals surface area (Å²) >= 11 is 0. The second-order valence-corrected chi connectivity index (χ2v) is 7.64. The zero-order chi connectivity index (χ0) is 26.1. The predicted molar refractivity (Wildman–Crippen MR) is 123 cm³/mol. The molecule has 3 N–H and O–H groups in total. The zero-order valence-corrected chi connectivity index (χ0v) is 18.8. The Balaban J connectivity index is 0.000000454. The van der Waals surface area contributed by atoms with E-state index in [4.69, 9.17) is 19.9 Å². The fourth-order valence-electron chi connectivity index (χ4n) is 3.23. The largest absolute Gasteiger partial charge is 0.490 e. The molecule has 0 unspecified atom stereocenters. The number of nitrogens with zero attached hydrogens (tertiary/aromatic N) is 2. The standard InChI is InChI=1S/C23H20N4O2.C2HF3O2/c24-12-16-3-1-4-17(9-16)15-29-21-6-2-5-20(11-21)27-23(28)19-10-18-7-8-25-14-22(18)26-13-19;3-2(4,5)1(6)7/h1-6,9-11,13,25H,7-8,14-15H2,(H,27,28);(H,6,7). The van der Waals surface area contributed by atoms with Crippen molar-refractivity contribution in [1.29, 1.82) is 5.26 Å². The third-order valence-corrected chi connectivity index (χ3v) is 4.98. The molecule has 0 aliphatic carbocycles. The molecule has 0 saturated heterocycles. The molecule has 2 heterocycles. The Labute approximate surface area is 204 Å². The molecule has 1 aliphatic heterocycles. The average Bonchev–Trinajstić information content (AvgIpc) is 2.87. The highest BCUT2D eigenvalue weighted by Crippen LogP contribution is 2.20. The first kappa shape index (κ1) is 26.2. The molecule has 0 spiro atoms. The Morgan fingerprint density at radius 3 is 2.64 bits per heavy atom. The van der Waals surface area contributed by atoms with Crippen LogP contribution in [0.3, 0.4) is 0 Å². The van der Waals surface area contributed by atoms with Crippen LogP contribution < -0.4 is 15.4 Å². The number of carboxylic acids is 1. The van der Waals surface area contributed by atoms with E-state index >= 15 is 0 Å². The maximum absolute atomic E-state index is 12.6. The highest BCUT2D eigenvalue weighted by Gasteiger charge is 2.38. The minimum absolute atomic E-state index is 0.197. The van der Waals surface area contributed by atoms with Crippen molar-refractivity contribution in [1.82, 2.24) is 10.3 Å². The maximum Gasteiger partial charge on any atom is 0.490 e. The van der Waals surface area contributed by atoms with Crippen molar-refractivity contribution < 1.29 is 32.6 Å². The van der Waals surface area contributed by atoms with Crippen LogP contribution in [-0.2, 0) is 24.4 Å². The molecule has 8 nitrogen and oxygen atoms in total. The molecule has 1 aromatic heterocycles. The van der Waals surface area contributed by atoms with Gasteiger partial charge in [-0.05, 0) is 54.4 Å². The third-order valence-electron chi connectivity index (χ3n) is 4.98. The second-order valence-electron chi connectivity index (χ2n) is 7.64. The lowest BCUT2D eigenvalue weighted by molar-refractivity contribution is -0.192. The van der Waals surface area contributed by atoms with Crippen molar-refractivity contribution in [3.8, 4) is 11.8 Å². The van der Waals surface area contributed by atoms with Crippen molar-refractivity contribution in [3.05, 3.63) is 88.7 Å². The molecule has 2 aromatic carbocycles. The van der Waals surface area contributed by atoms with Gasteiger partial charge in [-0.1, -0.05) is 18.2 Å². The number of aromatic nitrogens is 1. The van der Waals surface area contributed by atoms with Gasteiger partial charge in [-0.3, -0.25) is 9.78 Å². The SMILES string of the molecule is N#Cc1cccc(COc2cccc(NC(=O)c3cnc4c(c3)CCNC4)c2)c1.O=C(O)C(F)(F)F. The van der Waals surface area contributed by atoms with Crippen molar-refractivity contribution in [2.75, 3.05) is 11.9 Å². The Morgan fingerprint density at radius 2 is 1.92 bits per heavy atom. The number of alkyl halides is 3. The monoisotopic (exact) mass is 498 g/mol. The number of benzene rings is 2. The number of pyridine rings is 1. The van der Waals surface area contributed by atoms with E-state index in [2.05, 4.69) is 21.7 Å². The summed E-state index contributed by atoms with van der Waals surface area (Å²) in [6, 6.07) is 18.6. The molecule has 0 saturated carbocycles. The molecular weight excluding hydrogens is 477 g/mol. The lowest BCUT2D eigenvalue weighted by Gasteiger charge is -2.16. The molecule has 36 heavy (non-hydrogen) atoms. The molecule has 0 radical (unpaired) electrons. The second kappa shape index (κ2) is 11.8. The van der Waals surface area contributed by atoms with Crippen molar-refractivity contribution in [2.24, 2.45) is 0 Å². The Bertz CT molecular complexity index is 1290. The summed E-state index contributed by atoms with van der Waals surface area (Å²) in [5.74, 6) is -2.31. The van der Waals surface area contributed by atoms with Gasteiger partial charge in [0, 0.05) is 24.5 Å². The average molecular weight is 498 g/mol. The van der Waals surface area contributed by atoms with Crippen LogP contribution in [0.25, 0.3) is 0 Å². The van der Waals surface area contributed by atoms with Gasteiger partial charge in [-0.2, -0.15) is 18.4 Å². The lowest BCUT2D eigenvalue weighted by Crippen LogP contribution is -2.25. The number of amides is 1. The van der Waals surface area contributed by atoms with Gasteiger partial charge in [-0.15, -0.1) is 0 Å². The first-order valence-corrected chi connectivity index (χ1v) is 10.7. The summed E-state index contributed by atoms with van der Waals surface area (Å²) < 4.78 is 37.6. The summed E-state index contributed by atoms with van der Waals surface area (Å²) in [5.41, 5.74) is 4.83. The van der Waals surface area contributed by atoms with Gasteiger partial charge >= 0.3 is 12.1 Å². The number of ether oxygens (including phenoxy) is 1. The number of carboxylic acid groups (broad SMARTS) is 1. The first-order chi connectivity index (χ1) is 17.2. The van der Waals surface area contributed by atoms with Crippen LogP contribution in [0.5, 0.6) is 5.75 Å². The van der Waals surface area contributed by atoms with E-state index in [0.29, 0.717) is 29.2 Å². The van der Waals surface area contributed by atoms with Crippen molar-refractivity contribution in [2.45, 2.75) is 25.7 Å². The Hall–Kier alpha value is -4.43. The number of halogens is 3.